The van der Waals surface area contributed by atoms with Crippen LogP contribution in [-0.2, 0) is 16.0 Å². The highest BCUT2D eigenvalue weighted by atomic mass is 16.5. The van der Waals surface area contributed by atoms with Crippen LogP contribution in [0, 0.1) is 0 Å². The zero-order valence-electron chi connectivity index (χ0n) is 9.05. The molecule has 0 saturated carbocycles. The van der Waals surface area contributed by atoms with Crippen molar-refractivity contribution in [1.29, 1.82) is 0 Å². The molecule has 16 heavy (non-hydrogen) atoms. The molecular weight excluding hydrogens is 212 g/mol. The summed E-state index contributed by atoms with van der Waals surface area (Å²) in [5.74, 6) is 0.227. The summed E-state index contributed by atoms with van der Waals surface area (Å²) in [6.07, 6.45) is 1.26. The molecule has 0 spiro atoms. The highest BCUT2D eigenvalue weighted by Gasteiger charge is 2.30. The van der Waals surface area contributed by atoms with Gasteiger partial charge in [0.2, 0.25) is 11.8 Å². The van der Waals surface area contributed by atoms with Gasteiger partial charge in [-0.15, -0.1) is 10.2 Å². The van der Waals surface area contributed by atoms with Crippen LogP contribution in [0.5, 0.6) is 0 Å². The van der Waals surface area contributed by atoms with Crippen LogP contribution in [0.3, 0.4) is 0 Å². The van der Waals surface area contributed by atoms with Crippen molar-refractivity contribution in [3.63, 3.8) is 0 Å². The summed E-state index contributed by atoms with van der Waals surface area (Å²) in [6, 6.07) is 0. The molecule has 0 bridgehead atoms. The smallest absolute Gasteiger partial charge is 0.303 e. The van der Waals surface area contributed by atoms with Gasteiger partial charge in [-0.25, -0.2) is 0 Å². The summed E-state index contributed by atoms with van der Waals surface area (Å²) in [7, 11) is 0. The predicted molar refractivity (Wildman–Crippen MR) is 53.0 cm³/mol. The van der Waals surface area contributed by atoms with Crippen molar-refractivity contribution in [2.45, 2.75) is 38.2 Å². The lowest BCUT2D eigenvalue weighted by Gasteiger charge is -2.07. The van der Waals surface area contributed by atoms with Crippen molar-refractivity contribution in [3.8, 4) is 0 Å². The van der Waals surface area contributed by atoms with Crippen molar-refractivity contribution in [2.75, 3.05) is 6.61 Å². The molecule has 6 nitrogen and oxygen atoms in total. The zero-order valence-corrected chi connectivity index (χ0v) is 9.05. The fourth-order valence-electron chi connectivity index (χ4n) is 1.79. The van der Waals surface area contributed by atoms with E-state index in [0.717, 1.165) is 6.42 Å². The highest BCUT2D eigenvalue weighted by Crippen LogP contribution is 2.29. The minimum atomic E-state index is -0.864. The summed E-state index contributed by atoms with van der Waals surface area (Å²) < 4.78 is 10.8. The van der Waals surface area contributed by atoms with E-state index in [9.17, 15) is 4.79 Å². The summed E-state index contributed by atoms with van der Waals surface area (Å²) in [4.78, 5) is 10.4. The summed E-state index contributed by atoms with van der Waals surface area (Å²) >= 11 is 0. The van der Waals surface area contributed by atoms with Gasteiger partial charge in [-0.3, -0.25) is 4.79 Å². The van der Waals surface area contributed by atoms with Crippen LogP contribution in [-0.4, -0.2) is 34.0 Å². The Morgan fingerprint density at radius 1 is 1.56 bits per heavy atom. The van der Waals surface area contributed by atoms with Gasteiger partial charge in [0.1, 0.15) is 0 Å². The maximum atomic E-state index is 10.4. The number of hydrogen-bond acceptors (Lipinski definition) is 5. The number of aryl methyl sites for hydroxylation is 1. The molecule has 2 atom stereocenters. The monoisotopic (exact) mass is 226 g/mol. The second-order valence-electron chi connectivity index (χ2n) is 3.90. The number of ether oxygens (including phenoxy) is 1. The molecule has 1 aliphatic heterocycles. The quantitative estimate of drug-likeness (QED) is 0.823. The minimum Gasteiger partial charge on any atom is -0.481 e. The number of nitrogens with zero attached hydrogens (tertiary/aromatic N) is 2. The van der Waals surface area contributed by atoms with Gasteiger partial charge in [0, 0.05) is 13.0 Å². The normalized spacial score (nSPS) is 24.8. The van der Waals surface area contributed by atoms with Crippen molar-refractivity contribution >= 4 is 5.97 Å². The largest absolute Gasteiger partial charge is 0.481 e. The van der Waals surface area contributed by atoms with Gasteiger partial charge in [0.15, 0.2) is 0 Å². The lowest BCUT2D eigenvalue weighted by atomic mass is 10.0. The van der Waals surface area contributed by atoms with Crippen LogP contribution in [0.1, 0.15) is 37.5 Å². The van der Waals surface area contributed by atoms with E-state index in [0.29, 0.717) is 18.4 Å². The van der Waals surface area contributed by atoms with Gasteiger partial charge in [-0.2, -0.15) is 0 Å². The predicted octanol–water partition coefficient (Wildman–Crippen LogP) is 0.979. The Balaban J connectivity index is 1.99. The maximum Gasteiger partial charge on any atom is 0.303 e. The summed E-state index contributed by atoms with van der Waals surface area (Å²) in [5.41, 5.74) is 0. The number of carboxylic acid groups (broad SMARTS) is 1. The molecular formula is C10H14N2O4. The fourth-order valence-corrected chi connectivity index (χ4v) is 1.79. The lowest BCUT2D eigenvalue weighted by molar-refractivity contribution is -0.137. The van der Waals surface area contributed by atoms with Gasteiger partial charge in [0.25, 0.3) is 0 Å². The van der Waals surface area contributed by atoms with E-state index >= 15 is 0 Å². The third kappa shape index (κ3) is 2.38. The van der Waals surface area contributed by atoms with Crippen LogP contribution in [0.2, 0.25) is 0 Å². The second kappa shape index (κ2) is 4.61. The first-order valence-corrected chi connectivity index (χ1v) is 5.32. The number of hydrogen-bond donors (Lipinski definition) is 1. The Morgan fingerprint density at radius 3 is 3.00 bits per heavy atom. The van der Waals surface area contributed by atoms with Crippen LogP contribution in [0.25, 0.3) is 0 Å². The number of rotatable bonds is 4. The minimum absolute atomic E-state index is 0.0123. The number of carboxylic acids is 1. The summed E-state index contributed by atoms with van der Waals surface area (Å²) in [6.45, 7) is 2.68. The van der Waals surface area contributed by atoms with Crippen LogP contribution < -0.4 is 0 Å². The SMILES string of the molecule is CC1OCCC1c1nnc(CCC(=O)O)o1. The third-order valence-electron chi connectivity index (χ3n) is 2.73. The molecule has 0 radical (unpaired) electrons. The van der Waals surface area contributed by atoms with E-state index in [1.165, 1.54) is 0 Å². The van der Waals surface area contributed by atoms with E-state index in [4.69, 9.17) is 14.3 Å². The molecule has 88 valence electrons. The van der Waals surface area contributed by atoms with Crippen molar-refractivity contribution in [3.05, 3.63) is 11.8 Å². The average Bonchev–Trinajstić information content (AvgIpc) is 2.83. The molecule has 1 aromatic rings. The molecule has 1 fully saturated rings. The highest BCUT2D eigenvalue weighted by molar-refractivity contribution is 5.66. The first-order chi connectivity index (χ1) is 7.66. The Morgan fingerprint density at radius 2 is 2.38 bits per heavy atom. The Bertz CT molecular complexity index is 377. The van der Waals surface area contributed by atoms with Crippen LogP contribution >= 0.6 is 0 Å². The first-order valence-electron chi connectivity index (χ1n) is 5.32. The van der Waals surface area contributed by atoms with E-state index in [1.54, 1.807) is 0 Å². The van der Waals surface area contributed by atoms with Crippen molar-refractivity contribution in [1.82, 2.24) is 10.2 Å². The molecule has 2 rings (SSSR count). The zero-order chi connectivity index (χ0) is 11.5. The van der Waals surface area contributed by atoms with Gasteiger partial charge in [-0.05, 0) is 13.3 Å². The number of carbonyl (C=O) groups is 1. The molecule has 0 aromatic carbocycles. The van der Waals surface area contributed by atoms with E-state index < -0.39 is 5.97 Å². The first kappa shape index (κ1) is 11.1. The molecule has 1 saturated heterocycles. The van der Waals surface area contributed by atoms with Crippen LogP contribution in [0.15, 0.2) is 4.42 Å². The molecule has 0 amide bonds. The Hall–Kier alpha value is -1.43. The molecule has 1 aliphatic rings. The third-order valence-corrected chi connectivity index (χ3v) is 2.73. The van der Waals surface area contributed by atoms with E-state index in [2.05, 4.69) is 10.2 Å². The van der Waals surface area contributed by atoms with Crippen LogP contribution in [0.4, 0.5) is 0 Å². The standard InChI is InChI=1S/C10H14N2O4/c1-6-7(4-5-15-6)10-12-11-8(16-10)2-3-9(13)14/h6-7H,2-5H2,1H3,(H,13,14). The molecule has 6 heteroatoms. The van der Waals surface area contributed by atoms with Crippen molar-refractivity contribution in [2.24, 2.45) is 0 Å². The number of aliphatic carboxylic acids is 1. The van der Waals surface area contributed by atoms with E-state index in [1.807, 2.05) is 6.92 Å². The Kier molecular flexibility index (Phi) is 3.19. The molecule has 2 unspecified atom stereocenters. The van der Waals surface area contributed by atoms with Crippen molar-refractivity contribution < 1.29 is 19.1 Å². The van der Waals surface area contributed by atoms with Gasteiger partial charge >= 0.3 is 5.97 Å². The average molecular weight is 226 g/mol. The lowest BCUT2D eigenvalue weighted by Crippen LogP contribution is -2.09. The fraction of sp³-hybridized carbons (Fsp3) is 0.700. The van der Waals surface area contributed by atoms with Gasteiger partial charge in [0.05, 0.1) is 18.4 Å². The van der Waals surface area contributed by atoms with E-state index in [-0.39, 0.29) is 24.9 Å². The van der Waals surface area contributed by atoms with Gasteiger partial charge in [-0.1, -0.05) is 0 Å². The maximum absolute atomic E-state index is 10.4. The Labute approximate surface area is 92.6 Å². The number of aromatic nitrogens is 2. The van der Waals surface area contributed by atoms with Gasteiger partial charge < -0.3 is 14.3 Å². The topological polar surface area (TPSA) is 85.5 Å². The molecule has 0 aliphatic carbocycles. The molecule has 1 aromatic heterocycles. The summed E-state index contributed by atoms with van der Waals surface area (Å²) in [5, 5.41) is 16.3. The molecule has 1 N–H and O–H groups in total. The molecule has 2 heterocycles. The second-order valence-corrected chi connectivity index (χ2v) is 3.90.